The predicted octanol–water partition coefficient (Wildman–Crippen LogP) is 3.83. The monoisotopic (exact) mass is 534 g/mol. The number of aliphatic hydroxyl groups excluding tert-OH is 1. The van der Waals surface area contributed by atoms with Crippen molar-refractivity contribution in [1.82, 2.24) is 14.8 Å². The maximum Gasteiger partial charge on any atom is 0.290 e. The fourth-order valence-corrected chi connectivity index (χ4v) is 5.53. The van der Waals surface area contributed by atoms with Crippen molar-refractivity contribution in [3.8, 4) is 16.9 Å². The minimum absolute atomic E-state index is 0.0465. The lowest BCUT2D eigenvalue weighted by Gasteiger charge is -2.44. The third kappa shape index (κ3) is 4.64. The molecule has 2 amide bonds. The number of aliphatic hydroxyl groups is 1. The van der Waals surface area contributed by atoms with Crippen LogP contribution in [0.25, 0.3) is 22.1 Å². The molecular formula is C25H28Cl2N4O5. The van der Waals surface area contributed by atoms with Crippen LogP contribution in [0, 0.1) is 0 Å². The normalized spacial score (nSPS) is 18.6. The van der Waals surface area contributed by atoms with Gasteiger partial charge in [0.05, 0.1) is 22.7 Å². The Morgan fingerprint density at radius 3 is 2.39 bits per heavy atom. The van der Waals surface area contributed by atoms with Crippen LogP contribution in [0.3, 0.4) is 0 Å². The van der Waals surface area contributed by atoms with Crippen molar-refractivity contribution >= 4 is 46.0 Å². The highest BCUT2D eigenvalue weighted by atomic mass is 35.5. The van der Waals surface area contributed by atoms with Gasteiger partial charge in [-0.05, 0) is 38.0 Å². The van der Waals surface area contributed by atoms with E-state index in [-0.39, 0.29) is 45.6 Å². The fraction of sp³-hybridized carbons (Fsp3) is 0.400. The van der Waals surface area contributed by atoms with Gasteiger partial charge in [0.15, 0.2) is 11.3 Å². The zero-order valence-electron chi connectivity index (χ0n) is 20.3. The summed E-state index contributed by atoms with van der Waals surface area (Å²) in [6, 6.07) is 3.43. The first kappa shape index (κ1) is 26.2. The smallest absolute Gasteiger partial charge is 0.290 e. The minimum atomic E-state index is -0.824. The summed E-state index contributed by atoms with van der Waals surface area (Å²) in [4.78, 5) is 34.4. The van der Waals surface area contributed by atoms with E-state index in [9.17, 15) is 14.7 Å². The van der Waals surface area contributed by atoms with Crippen LogP contribution in [0.5, 0.6) is 5.75 Å². The number of piperazine rings is 1. The number of hydrogen-bond acceptors (Lipinski definition) is 7. The van der Waals surface area contributed by atoms with Crippen LogP contribution in [0.1, 0.15) is 41.2 Å². The lowest BCUT2D eigenvalue weighted by molar-refractivity contribution is 0.0262. The first-order valence-corrected chi connectivity index (χ1v) is 12.3. The molecule has 2 aromatic heterocycles. The number of carbonyl (C=O) groups is 2. The number of halogens is 2. The number of pyridine rings is 1. The van der Waals surface area contributed by atoms with E-state index in [1.165, 1.54) is 19.5 Å². The standard InChI is InChI=1S/C25H28Cl2N4O5/c1-13-11-30(12-14(2)31(13)7-4-8-32)25(34)23-21(24(28)33)20-15(5-6-18(35-3)22(20)36-23)19-16(26)9-29-10-17(19)27/h5-6,9-10,13-14,32H,4,7-8,11-12H2,1-3H3,(H2,28,33). The number of amides is 2. The number of nitrogens with two attached hydrogens (primary N) is 1. The highest BCUT2D eigenvalue weighted by Gasteiger charge is 2.36. The minimum Gasteiger partial charge on any atom is -0.493 e. The van der Waals surface area contributed by atoms with Gasteiger partial charge in [0.1, 0.15) is 0 Å². The predicted molar refractivity (Wildman–Crippen MR) is 138 cm³/mol. The fourth-order valence-electron chi connectivity index (χ4n) is 4.96. The third-order valence-corrected chi connectivity index (χ3v) is 7.12. The van der Waals surface area contributed by atoms with E-state index in [4.69, 9.17) is 38.1 Å². The molecule has 9 nitrogen and oxygen atoms in total. The molecule has 1 fully saturated rings. The van der Waals surface area contributed by atoms with Gasteiger partial charge in [-0.3, -0.25) is 19.5 Å². The van der Waals surface area contributed by atoms with E-state index in [0.29, 0.717) is 41.8 Å². The van der Waals surface area contributed by atoms with Gasteiger partial charge < -0.3 is 24.9 Å². The van der Waals surface area contributed by atoms with Crippen LogP contribution < -0.4 is 10.5 Å². The quantitative estimate of drug-likeness (QED) is 0.472. The number of primary amides is 1. The number of ether oxygens (including phenoxy) is 1. The Morgan fingerprint density at radius 2 is 1.83 bits per heavy atom. The topological polar surface area (TPSA) is 122 Å². The molecule has 1 aromatic carbocycles. The molecule has 11 heteroatoms. The number of methoxy groups -OCH3 is 1. The number of nitrogens with zero attached hydrogens (tertiary/aromatic N) is 3. The van der Waals surface area contributed by atoms with E-state index in [2.05, 4.69) is 9.88 Å². The molecule has 0 radical (unpaired) electrons. The molecule has 192 valence electrons. The summed E-state index contributed by atoms with van der Waals surface area (Å²) in [5.74, 6) is -1.10. The molecule has 2 atom stereocenters. The average molecular weight is 535 g/mol. The number of hydrogen-bond donors (Lipinski definition) is 2. The van der Waals surface area contributed by atoms with Gasteiger partial charge in [0, 0.05) is 61.7 Å². The molecule has 3 heterocycles. The van der Waals surface area contributed by atoms with Gasteiger partial charge in [0.2, 0.25) is 5.76 Å². The van der Waals surface area contributed by atoms with E-state index in [1.54, 1.807) is 17.0 Å². The molecule has 36 heavy (non-hydrogen) atoms. The van der Waals surface area contributed by atoms with Crippen molar-refractivity contribution in [3.05, 3.63) is 45.9 Å². The molecule has 3 aromatic rings. The lowest BCUT2D eigenvalue weighted by atomic mass is 9.97. The second-order valence-corrected chi connectivity index (χ2v) is 9.71. The van der Waals surface area contributed by atoms with Crippen molar-refractivity contribution in [2.45, 2.75) is 32.4 Å². The van der Waals surface area contributed by atoms with Gasteiger partial charge in [-0.25, -0.2) is 0 Å². The van der Waals surface area contributed by atoms with Crippen LogP contribution in [0.2, 0.25) is 10.0 Å². The Kier molecular flexibility index (Phi) is 7.75. The molecule has 3 N–H and O–H groups in total. The van der Waals surface area contributed by atoms with Crippen LogP contribution in [-0.4, -0.2) is 77.1 Å². The van der Waals surface area contributed by atoms with Crippen LogP contribution in [0.15, 0.2) is 28.9 Å². The summed E-state index contributed by atoms with van der Waals surface area (Å²) >= 11 is 12.8. The highest BCUT2D eigenvalue weighted by Crippen LogP contribution is 2.44. The first-order valence-electron chi connectivity index (χ1n) is 11.6. The van der Waals surface area contributed by atoms with Crippen LogP contribution in [-0.2, 0) is 0 Å². The second-order valence-electron chi connectivity index (χ2n) is 8.89. The van der Waals surface area contributed by atoms with Gasteiger partial charge in [-0.2, -0.15) is 0 Å². The maximum atomic E-state index is 13.8. The molecule has 0 bridgehead atoms. The third-order valence-electron chi connectivity index (χ3n) is 6.55. The molecule has 1 aliphatic heterocycles. The van der Waals surface area contributed by atoms with Crippen molar-refractivity contribution in [3.63, 3.8) is 0 Å². The number of furan rings is 1. The molecule has 1 saturated heterocycles. The molecule has 2 unspecified atom stereocenters. The number of carbonyl (C=O) groups excluding carboxylic acids is 2. The molecular weight excluding hydrogens is 507 g/mol. The summed E-state index contributed by atoms with van der Waals surface area (Å²) in [6.45, 7) is 5.73. The zero-order valence-corrected chi connectivity index (χ0v) is 21.8. The first-order chi connectivity index (χ1) is 17.2. The highest BCUT2D eigenvalue weighted by molar-refractivity contribution is 6.39. The number of fused-ring (bicyclic) bond motifs is 1. The average Bonchev–Trinajstić information content (AvgIpc) is 3.24. The summed E-state index contributed by atoms with van der Waals surface area (Å²) in [5, 5.41) is 10.0. The van der Waals surface area contributed by atoms with E-state index < -0.39 is 11.8 Å². The summed E-state index contributed by atoms with van der Waals surface area (Å²) < 4.78 is 11.5. The summed E-state index contributed by atoms with van der Waals surface area (Å²) in [7, 11) is 1.46. The maximum absolute atomic E-state index is 13.8. The molecule has 4 rings (SSSR count). The largest absolute Gasteiger partial charge is 0.493 e. The van der Waals surface area contributed by atoms with E-state index in [1.807, 2.05) is 13.8 Å². The summed E-state index contributed by atoms with van der Waals surface area (Å²) in [5.41, 5.74) is 6.85. The Bertz CT molecular complexity index is 1280. The van der Waals surface area contributed by atoms with Crippen molar-refractivity contribution in [2.24, 2.45) is 5.73 Å². The zero-order chi connectivity index (χ0) is 26.1. The van der Waals surface area contributed by atoms with Gasteiger partial charge in [-0.15, -0.1) is 0 Å². The lowest BCUT2D eigenvalue weighted by Crippen LogP contribution is -2.58. The molecule has 1 aliphatic rings. The number of aromatic nitrogens is 1. The second kappa shape index (κ2) is 10.6. The Balaban J connectivity index is 1.85. The summed E-state index contributed by atoms with van der Waals surface area (Å²) in [6.07, 6.45) is 3.53. The van der Waals surface area contributed by atoms with Crippen molar-refractivity contribution < 1.29 is 23.8 Å². The number of benzene rings is 1. The van der Waals surface area contributed by atoms with E-state index >= 15 is 0 Å². The molecule has 0 saturated carbocycles. The van der Waals surface area contributed by atoms with Crippen LogP contribution >= 0.6 is 23.2 Å². The van der Waals surface area contributed by atoms with Crippen molar-refractivity contribution in [2.75, 3.05) is 33.4 Å². The van der Waals surface area contributed by atoms with E-state index in [0.717, 1.165) is 6.54 Å². The van der Waals surface area contributed by atoms with Crippen LogP contribution in [0.4, 0.5) is 0 Å². The van der Waals surface area contributed by atoms with Crippen molar-refractivity contribution in [1.29, 1.82) is 0 Å². The van der Waals surface area contributed by atoms with Gasteiger partial charge in [0.25, 0.3) is 11.8 Å². The van der Waals surface area contributed by atoms with Gasteiger partial charge >= 0.3 is 0 Å². The Morgan fingerprint density at radius 1 is 1.19 bits per heavy atom. The molecule has 0 spiro atoms. The van der Waals surface area contributed by atoms with Gasteiger partial charge in [-0.1, -0.05) is 23.2 Å². The molecule has 0 aliphatic carbocycles. The Hall–Kier alpha value is -2.85. The SMILES string of the molecule is COc1ccc(-c2c(Cl)cncc2Cl)c2c(C(N)=O)c(C(=O)N3CC(C)N(CCCO)C(C)C3)oc12. The Labute approximate surface area is 218 Å². The number of rotatable bonds is 7.